The van der Waals surface area contributed by atoms with Gasteiger partial charge in [-0.05, 0) is 18.2 Å². The van der Waals surface area contributed by atoms with Crippen molar-refractivity contribution in [1.82, 2.24) is 5.32 Å². The number of alkyl halides is 2. The molecule has 0 bridgehead atoms. The van der Waals surface area contributed by atoms with E-state index < -0.39 is 24.7 Å². The van der Waals surface area contributed by atoms with Gasteiger partial charge in [-0.15, -0.1) is 12.4 Å². The number of methoxy groups -OCH3 is 1. The van der Waals surface area contributed by atoms with Gasteiger partial charge in [0.2, 0.25) is 0 Å². The van der Waals surface area contributed by atoms with Gasteiger partial charge in [0.25, 0.3) is 0 Å². The van der Waals surface area contributed by atoms with Gasteiger partial charge in [0.15, 0.2) is 6.61 Å². The van der Waals surface area contributed by atoms with Crippen LogP contribution in [-0.2, 0) is 4.74 Å². The van der Waals surface area contributed by atoms with Crippen molar-refractivity contribution < 1.29 is 23.0 Å². The van der Waals surface area contributed by atoms with E-state index >= 15 is 0 Å². The summed E-state index contributed by atoms with van der Waals surface area (Å²) in [6.45, 7) is -0.945. The largest absolute Gasteiger partial charge is 0.496 e. The number of amides is 1. The molecule has 106 valence electrons. The molecule has 1 fully saturated rings. The first-order valence-electron chi connectivity index (χ1n) is 5.08. The fourth-order valence-electron chi connectivity index (χ4n) is 1.75. The smallest absolute Gasteiger partial charge is 0.408 e. The lowest BCUT2D eigenvalue weighted by atomic mass is 9.99. The number of cyclic esters (lactones) is 1. The fourth-order valence-corrected chi connectivity index (χ4v) is 2.13. The Bertz CT molecular complexity index is 487. The Morgan fingerprint density at radius 3 is 2.84 bits per heavy atom. The summed E-state index contributed by atoms with van der Waals surface area (Å²) in [5.41, 5.74) is 0.202. The van der Waals surface area contributed by atoms with Crippen LogP contribution in [-0.4, -0.2) is 25.7 Å². The third kappa shape index (κ3) is 3.27. The van der Waals surface area contributed by atoms with Crippen LogP contribution in [0.2, 0.25) is 0 Å². The molecule has 1 aromatic rings. The molecule has 0 radical (unpaired) electrons. The predicted octanol–water partition coefficient (Wildman–Crippen LogP) is 3.30. The van der Waals surface area contributed by atoms with Crippen molar-refractivity contribution >= 4 is 34.4 Å². The van der Waals surface area contributed by atoms with E-state index in [2.05, 4.69) is 26.0 Å². The Balaban J connectivity index is 0.00000180. The van der Waals surface area contributed by atoms with E-state index in [0.29, 0.717) is 4.47 Å². The fraction of sp³-hybridized carbons (Fsp3) is 0.364. The molecule has 19 heavy (non-hydrogen) atoms. The summed E-state index contributed by atoms with van der Waals surface area (Å²) >= 11 is 3.20. The van der Waals surface area contributed by atoms with Crippen LogP contribution < -0.4 is 10.1 Å². The van der Waals surface area contributed by atoms with Crippen molar-refractivity contribution in [2.75, 3.05) is 13.7 Å². The Hall–Kier alpha value is -1.08. The van der Waals surface area contributed by atoms with Crippen molar-refractivity contribution in [2.24, 2.45) is 0 Å². The number of halogens is 4. The van der Waals surface area contributed by atoms with Gasteiger partial charge in [0.1, 0.15) is 11.8 Å². The number of carbonyl (C=O) groups excluding carboxylic acids is 1. The zero-order valence-electron chi connectivity index (χ0n) is 9.78. The second-order valence-electron chi connectivity index (χ2n) is 3.80. The number of alkyl carbamates (subject to hydrolysis) is 1. The normalized spacial score (nSPS) is 20.8. The maximum absolute atomic E-state index is 13.8. The summed E-state index contributed by atoms with van der Waals surface area (Å²) < 4.78 is 37.5. The molecule has 0 aromatic heterocycles. The highest BCUT2D eigenvalue weighted by Gasteiger charge is 2.47. The molecule has 0 spiro atoms. The lowest BCUT2D eigenvalue weighted by Crippen LogP contribution is -2.49. The minimum absolute atomic E-state index is 0. The van der Waals surface area contributed by atoms with Crippen molar-refractivity contribution in [1.29, 1.82) is 0 Å². The number of ether oxygens (including phenoxy) is 2. The molecule has 1 heterocycles. The number of benzene rings is 1. The maximum atomic E-state index is 13.8. The summed E-state index contributed by atoms with van der Waals surface area (Å²) in [6.07, 6.45) is -0.868. The molecule has 2 rings (SSSR count). The van der Waals surface area contributed by atoms with E-state index in [-0.39, 0.29) is 23.7 Å². The number of hydrogen-bond acceptors (Lipinski definition) is 3. The maximum Gasteiger partial charge on any atom is 0.408 e. The molecule has 1 aliphatic rings. The summed E-state index contributed by atoms with van der Waals surface area (Å²) in [5.74, 6) is -2.91. The van der Waals surface area contributed by atoms with Crippen LogP contribution in [0.1, 0.15) is 11.6 Å². The predicted molar refractivity (Wildman–Crippen MR) is 70.1 cm³/mol. The Labute approximate surface area is 123 Å². The average molecular weight is 359 g/mol. The van der Waals surface area contributed by atoms with E-state index in [1.165, 1.54) is 13.2 Å². The van der Waals surface area contributed by atoms with Crippen molar-refractivity contribution in [3.8, 4) is 5.75 Å². The minimum atomic E-state index is -3.19. The average Bonchev–Trinajstić information content (AvgIpc) is 2.32. The standard InChI is InChI=1S/C11H10BrF2NO3.ClH/c1-17-8-3-2-6(12)4-7(8)9-11(13,14)5-18-10(16)15-9;/h2-4,9H,5H2,1H3,(H,15,16);1H/t9-;/m0./s1. The topological polar surface area (TPSA) is 47.6 Å². The molecule has 1 aromatic carbocycles. The molecule has 0 aliphatic carbocycles. The minimum Gasteiger partial charge on any atom is -0.496 e. The Morgan fingerprint density at radius 2 is 2.21 bits per heavy atom. The quantitative estimate of drug-likeness (QED) is 0.882. The highest BCUT2D eigenvalue weighted by Crippen LogP contribution is 2.39. The van der Waals surface area contributed by atoms with Crippen LogP contribution in [0, 0.1) is 0 Å². The van der Waals surface area contributed by atoms with E-state index in [9.17, 15) is 13.6 Å². The third-order valence-corrected chi connectivity index (χ3v) is 3.08. The molecule has 4 nitrogen and oxygen atoms in total. The zero-order chi connectivity index (χ0) is 13.3. The van der Waals surface area contributed by atoms with Crippen molar-refractivity contribution in [3.63, 3.8) is 0 Å². The lowest BCUT2D eigenvalue weighted by Gasteiger charge is -2.32. The second kappa shape index (κ2) is 5.92. The van der Waals surface area contributed by atoms with Crippen molar-refractivity contribution in [2.45, 2.75) is 12.0 Å². The summed E-state index contributed by atoms with van der Waals surface area (Å²) in [5, 5.41) is 2.11. The number of carbonyl (C=O) groups is 1. The van der Waals surface area contributed by atoms with Gasteiger partial charge in [-0.3, -0.25) is 0 Å². The van der Waals surface area contributed by atoms with E-state index in [0.717, 1.165) is 0 Å². The second-order valence-corrected chi connectivity index (χ2v) is 4.72. The van der Waals surface area contributed by atoms with Gasteiger partial charge < -0.3 is 14.8 Å². The van der Waals surface area contributed by atoms with Gasteiger partial charge in [-0.2, -0.15) is 0 Å². The molecule has 1 aliphatic heterocycles. The Morgan fingerprint density at radius 1 is 1.53 bits per heavy atom. The van der Waals surface area contributed by atoms with Gasteiger partial charge in [0.05, 0.1) is 7.11 Å². The van der Waals surface area contributed by atoms with Crippen LogP contribution in [0.4, 0.5) is 13.6 Å². The van der Waals surface area contributed by atoms with Gasteiger partial charge in [-0.25, -0.2) is 13.6 Å². The first-order chi connectivity index (χ1) is 8.44. The molecule has 0 saturated carbocycles. The highest BCUT2D eigenvalue weighted by molar-refractivity contribution is 9.10. The SMILES string of the molecule is COc1ccc(Br)cc1[C@@H]1NC(=O)OCC1(F)F.Cl. The van der Waals surface area contributed by atoms with E-state index in [1.807, 2.05) is 0 Å². The molecule has 8 heteroatoms. The molecule has 1 atom stereocenters. The Kier molecular flexibility index (Phi) is 4.98. The third-order valence-electron chi connectivity index (χ3n) is 2.58. The first-order valence-corrected chi connectivity index (χ1v) is 5.88. The van der Waals surface area contributed by atoms with Crippen LogP contribution in [0.3, 0.4) is 0 Å². The van der Waals surface area contributed by atoms with Crippen LogP contribution in [0.15, 0.2) is 22.7 Å². The van der Waals surface area contributed by atoms with Crippen LogP contribution in [0.5, 0.6) is 5.75 Å². The van der Waals surface area contributed by atoms with Gasteiger partial charge in [-0.1, -0.05) is 15.9 Å². The molecular formula is C11H11BrClF2NO3. The molecule has 0 unspecified atom stereocenters. The molecule has 1 amide bonds. The molecule has 1 N–H and O–H groups in total. The summed E-state index contributed by atoms with van der Waals surface area (Å²) in [6, 6.07) is 3.24. The first kappa shape index (κ1) is 16.0. The summed E-state index contributed by atoms with van der Waals surface area (Å²) in [4.78, 5) is 11.1. The highest BCUT2D eigenvalue weighted by atomic mass is 79.9. The number of nitrogens with one attached hydrogen (secondary N) is 1. The zero-order valence-corrected chi connectivity index (χ0v) is 12.2. The number of hydrogen-bond donors (Lipinski definition) is 1. The molecular weight excluding hydrogens is 347 g/mol. The lowest BCUT2D eigenvalue weighted by molar-refractivity contribution is -0.104. The van der Waals surface area contributed by atoms with Gasteiger partial charge in [0, 0.05) is 10.0 Å². The van der Waals surface area contributed by atoms with Crippen LogP contribution >= 0.6 is 28.3 Å². The number of rotatable bonds is 2. The van der Waals surface area contributed by atoms with Gasteiger partial charge >= 0.3 is 12.0 Å². The van der Waals surface area contributed by atoms with E-state index in [4.69, 9.17) is 4.74 Å². The van der Waals surface area contributed by atoms with E-state index in [1.54, 1.807) is 12.1 Å². The van der Waals surface area contributed by atoms with Crippen molar-refractivity contribution in [3.05, 3.63) is 28.2 Å². The molecule has 1 saturated heterocycles. The summed E-state index contributed by atoms with van der Waals surface area (Å²) in [7, 11) is 1.38. The monoisotopic (exact) mass is 357 g/mol. The van der Waals surface area contributed by atoms with Crippen LogP contribution in [0.25, 0.3) is 0 Å².